The molecule has 1 saturated heterocycles. The Morgan fingerprint density at radius 1 is 1.32 bits per heavy atom. The van der Waals surface area contributed by atoms with Gasteiger partial charge in [0, 0.05) is 20.1 Å². The Morgan fingerprint density at radius 3 is 2.68 bits per heavy atom. The molecule has 3 rings (SSSR count). The Balaban J connectivity index is 0.00000280. The van der Waals surface area contributed by atoms with Crippen molar-refractivity contribution >= 4 is 35.9 Å². The number of rotatable bonds is 5. The molecule has 1 aromatic carbocycles. The zero-order valence-corrected chi connectivity index (χ0v) is 18.7. The Hall–Kier alpha value is -2.10. The number of guanidine groups is 1. The highest BCUT2D eigenvalue weighted by Crippen LogP contribution is 2.19. The van der Waals surface area contributed by atoms with Gasteiger partial charge in [-0.25, -0.2) is 4.98 Å². The number of ether oxygens (including phenoxy) is 1. The van der Waals surface area contributed by atoms with Crippen LogP contribution in [0.1, 0.15) is 25.6 Å². The van der Waals surface area contributed by atoms with E-state index in [2.05, 4.69) is 37.3 Å². The number of imidazole rings is 1. The summed E-state index contributed by atoms with van der Waals surface area (Å²) in [6, 6.07) is 10.1. The Labute approximate surface area is 183 Å². The van der Waals surface area contributed by atoms with Crippen LogP contribution in [0, 0.1) is 5.92 Å². The molecule has 7 nitrogen and oxygen atoms in total. The maximum absolute atomic E-state index is 11.9. The molecule has 1 aliphatic rings. The van der Waals surface area contributed by atoms with E-state index in [-0.39, 0.29) is 35.9 Å². The topological polar surface area (TPSA) is 82.6 Å². The van der Waals surface area contributed by atoms with Gasteiger partial charge in [-0.1, -0.05) is 30.3 Å². The van der Waals surface area contributed by atoms with Crippen LogP contribution in [-0.2, 0) is 16.1 Å². The van der Waals surface area contributed by atoms with E-state index < -0.39 is 0 Å². The highest BCUT2D eigenvalue weighted by molar-refractivity contribution is 14.0. The van der Waals surface area contributed by atoms with Gasteiger partial charge in [-0.3, -0.25) is 9.79 Å². The highest BCUT2D eigenvalue weighted by atomic mass is 127. The SMILES string of the molecule is CCOC(=O)C1CCN(C(=NC)NCc2ncc(-c3ccccc3)[nH]2)CC1.I. The van der Waals surface area contributed by atoms with Crippen LogP contribution in [0.15, 0.2) is 41.5 Å². The Bertz CT molecular complexity index is 770. The summed E-state index contributed by atoms with van der Waals surface area (Å²) in [6.07, 6.45) is 3.43. The van der Waals surface area contributed by atoms with Crippen LogP contribution < -0.4 is 5.32 Å². The summed E-state index contributed by atoms with van der Waals surface area (Å²) in [5.41, 5.74) is 2.11. The predicted octanol–water partition coefficient (Wildman–Crippen LogP) is 3.05. The Morgan fingerprint density at radius 2 is 2.04 bits per heavy atom. The molecule has 152 valence electrons. The third kappa shape index (κ3) is 5.70. The molecule has 0 spiro atoms. The lowest BCUT2D eigenvalue weighted by Gasteiger charge is -2.33. The lowest BCUT2D eigenvalue weighted by atomic mass is 9.97. The molecule has 2 N–H and O–H groups in total. The number of benzene rings is 1. The summed E-state index contributed by atoms with van der Waals surface area (Å²) < 4.78 is 5.13. The van der Waals surface area contributed by atoms with Crippen molar-refractivity contribution in [1.82, 2.24) is 20.2 Å². The van der Waals surface area contributed by atoms with E-state index in [9.17, 15) is 4.79 Å². The van der Waals surface area contributed by atoms with Crippen LogP contribution in [0.5, 0.6) is 0 Å². The molecule has 28 heavy (non-hydrogen) atoms. The quantitative estimate of drug-likeness (QED) is 0.287. The number of nitrogens with zero attached hydrogens (tertiary/aromatic N) is 3. The molecule has 2 aromatic rings. The van der Waals surface area contributed by atoms with Gasteiger partial charge in [0.25, 0.3) is 0 Å². The van der Waals surface area contributed by atoms with Crippen molar-refractivity contribution in [3.05, 3.63) is 42.4 Å². The maximum atomic E-state index is 11.9. The molecule has 1 aromatic heterocycles. The van der Waals surface area contributed by atoms with E-state index >= 15 is 0 Å². The molecule has 0 radical (unpaired) electrons. The molecule has 2 heterocycles. The van der Waals surface area contributed by atoms with Crippen molar-refractivity contribution in [2.24, 2.45) is 10.9 Å². The average Bonchev–Trinajstić information content (AvgIpc) is 3.19. The number of carbonyl (C=O) groups is 1. The first kappa shape index (κ1) is 22.2. The normalized spacial score (nSPS) is 15.1. The van der Waals surface area contributed by atoms with E-state index in [1.165, 1.54) is 0 Å². The van der Waals surface area contributed by atoms with Crippen LogP contribution in [0.2, 0.25) is 0 Å². The van der Waals surface area contributed by atoms with Crippen LogP contribution in [0.25, 0.3) is 11.3 Å². The number of esters is 1. The molecule has 1 fully saturated rings. The van der Waals surface area contributed by atoms with Gasteiger partial charge in [-0.2, -0.15) is 0 Å². The minimum atomic E-state index is -0.0795. The first-order chi connectivity index (χ1) is 13.2. The van der Waals surface area contributed by atoms with Gasteiger partial charge in [-0.15, -0.1) is 24.0 Å². The molecular weight excluding hydrogens is 469 g/mol. The number of hydrogen-bond acceptors (Lipinski definition) is 4. The lowest BCUT2D eigenvalue weighted by Crippen LogP contribution is -2.46. The standard InChI is InChI=1S/C20H27N5O2.HI/c1-3-27-19(26)16-9-11-25(12-10-16)20(21-2)23-14-18-22-13-17(24-18)15-7-5-4-6-8-15;/h4-8,13,16H,3,9-12,14H2,1-2H3,(H,21,23)(H,22,24);1H. The smallest absolute Gasteiger partial charge is 0.309 e. The number of carbonyl (C=O) groups excluding carboxylic acids is 1. The second kappa shape index (κ2) is 11.0. The van der Waals surface area contributed by atoms with E-state index in [1.54, 1.807) is 7.05 Å². The average molecular weight is 497 g/mol. The van der Waals surface area contributed by atoms with Crippen molar-refractivity contribution in [2.45, 2.75) is 26.3 Å². The minimum absolute atomic E-state index is 0. The summed E-state index contributed by atoms with van der Waals surface area (Å²) in [5, 5.41) is 3.36. The molecule has 0 atom stereocenters. The zero-order chi connectivity index (χ0) is 19.1. The van der Waals surface area contributed by atoms with Gasteiger partial charge in [0.15, 0.2) is 5.96 Å². The van der Waals surface area contributed by atoms with E-state index in [4.69, 9.17) is 4.74 Å². The van der Waals surface area contributed by atoms with Gasteiger partial charge < -0.3 is 19.9 Å². The monoisotopic (exact) mass is 497 g/mol. The number of aromatic nitrogens is 2. The fourth-order valence-corrected chi connectivity index (χ4v) is 3.30. The van der Waals surface area contributed by atoms with Crippen LogP contribution >= 0.6 is 24.0 Å². The first-order valence-corrected chi connectivity index (χ1v) is 9.42. The fourth-order valence-electron chi connectivity index (χ4n) is 3.30. The number of aromatic amines is 1. The number of halogens is 1. The minimum Gasteiger partial charge on any atom is -0.466 e. The van der Waals surface area contributed by atoms with E-state index in [0.29, 0.717) is 13.2 Å². The second-order valence-corrected chi connectivity index (χ2v) is 6.52. The molecule has 0 aliphatic carbocycles. The number of aliphatic imine (C=N–C) groups is 1. The molecule has 0 saturated carbocycles. The van der Waals surface area contributed by atoms with Crippen molar-refractivity contribution in [3.8, 4) is 11.3 Å². The van der Waals surface area contributed by atoms with Crippen LogP contribution in [-0.4, -0.2) is 53.5 Å². The lowest BCUT2D eigenvalue weighted by molar-refractivity contribution is -0.149. The number of likely N-dealkylation sites (tertiary alicyclic amines) is 1. The number of piperidine rings is 1. The number of hydrogen-bond donors (Lipinski definition) is 2. The molecular formula is C20H28IN5O2. The molecule has 0 amide bonds. The second-order valence-electron chi connectivity index (χ2n) is 6.52. The highest BCUT2D eigenvalue weighted by Gasteiger charge is 2.27. The third-order valence-corrected chi connectivity index (χ3v) is 4.75. The van der Waals surface area contributed by atoms with Crippen molar-refractivity contribution in [2.75, 3.05) is 26.7 Å². The van der Waals surface area contributed by atoms with Crippen molar-refractivity contribution in [3.63, 3.8) is 0 Å². The predicted molar refractivity (Wildman–Crippen MR) is 121 cm³/mol. The van der Waals surface area contributed by atoms with E-state index in [1.807, 2.05) is 31.3 Å². The maximum Gasteiger partial charge on any atom is 0.309 e. The first-order valence-electron chi connectivity index (χ1n) is 9.42. The van der Waals surface area contributed by atoms with Gasteiger partial charge in [-0.05, 0) is 25.3 Å². The third-order valence-electron chi connectivity index (χ3n) is 4.75. The Kier molecular flexibility index (Phi) is 8.75. The summed E-state index contributed by atoms with van der Waals surface area (Å²) in [7, 11) is 1.78. The largest absolute Gasteiger partial charge is 0.466 e. The summed E-state index contributed by atoms with van der Waals surface area (Å²) in [6.45, 7) is 4.43. The summed E-state index contributed by atoms with van der Waals surface area (Å²) in [4.78, 5) is 26.2. The summed E-state index contributed by atoms with van der Waals surface area (Å²) in [5.74, 6) is 1.60. The van der Waals surface area contributed by atoms with Gasteiger partial charge in [0.2, 0.25) is 0 Å². The van der Waals surface area contributed by atoms with Crippen LogP contribution in [0.3, 0.4) is 0 Å². The van der Waals surface area contributed by atoms with Gasteiger partial charge >= 0.3 is 5.97 Å². The number of H-pyrrole nitrogens is 1. The molecule has 1 aliphatic heterocycles. The van der Waals surface area contributed by atoms with Crippen molar-refractivity contribution in [1.29, 1.82) is 0 Å². The molecule has 8 heteroatoms. The zero-order valence-electron chi connectivity index (χ0n) is 16.4. The van der Waals surface area contributed by atoms with Crippen molar-refractivity contribution < 1.29 is 9.53 Å². The van der Waals surface area contributed by atoms with Gasteiger partial charge in [0.05, 0.1) is 31.0 Å². The van der Waals surface area contributed by atoms with Gasteiger partial charge in [0.1, 0.15) is 5.82 Å². The molecule has 0 bridgehead atoms. The van der Waals surface area contributed by atoms with E-state index in [0.717, 1.165) is 49.0 Å². The number of nitrogens with one attached hydrogen (secondary N) is 2. The summed E-state index contributed by atoms with van der Waals surface area (Å²) >= 11 is 0. The van der Waals surface area contributed by atoms with Crippen LogP contribution in [0.4, 0.5) is 0 Å². The molecule has 0 unspecified atom stereocenters. The fraction of sp³-hybridized carbons (Fsp3) is 0.450.